The first-order valence-electron chi connectivity index (χ1n) is 6.57. The highest BCUT2D eigenvalue weighted by molar-refractivity contribution is 7.80. The second-order valence-corrected chi connectivity index (χ2v) is 5.03. The Labute approximate surface area is 123 Å². The summed E-state index contributed by atoms with van der Waals surface area (Å²) < 4.78 is 10.9. The number of carbonyl (C=O) groups excluding carboxylic acids is 1. The molecule has 1 aliphatic rings. The molecule has 108 valence electrons. The molecule has 0 bridgehead atoms. The second-order valence-electron chi connectivity index (χ2n) is 4.59. The Bertz CT molecular complexity index is 487. The topological polar surface area (TPSA) is 73.6 Å². The zero-order valence-corrected chi connectivity index (χ0v) is 11.9. The fourth-order valence-corrected chi connectivity index (χ4v) is 2.19. The molecule has 1 amide bonds. The van der Waals surface area contributed by atoms with Crippen molar-refractivity contribution in [3.05, 3.63) is 29.8 Å². The molecule has 1 atom stereocenters. The van der Waals surface area contributed by atoms with Crippen LogP contribution in [0.15, 0.2) is 24.3 Å². The lowest BCUT2D eigenvalue weighted by atomic mass is 10.2. The quantitative estimate of drug-likeness (QED) is 0.766. The third-order valence-electron chi connectivity index (χ3n) is 3.06. The number of nitrogens with one attached hydrogen (secondary N) is 1. The van der Waals surface area contributed by atoms with Crippen molar-refractivity contribution in [2.45, 2.75) is 18.9 Å². The molecule has 6 heteroatoms. The summed E-state index contributed by atoms with van der Waals surface area (Å²) in [6.45, 7) is 1.24. The SMILES string of the molecule is NC(=S)c1ccccc1OCC(=O)NCC1CCCO1. The number of nitrogens with two attached hydrogens (primary N) is 1. The average molecular weight is 294 g/mol. The van der Waals surface area contributed by atoms with Crippen LogP contribution in [0.4, 0.5) is 0 Å². The molecular formula is C14H18N2O3S. The summed E-state index contributed by atoms with van der Waals surface area (Å²) in [6, 6.07) is 7.13. The molecule has 0 aromatic heterocycles. The summed E-state index contributed by atoms with van der Waals surface area (Å²) in [4.78, 5) is 11.9. The van der Waals surface area contributed by atoms with Crippen molar-refractivity contribution in [2.75, 3.05) is 19.8 Å². The molecule has 0 aliphatic carbocycles. The normalized spacial score (nSPS) is 17.7. The van der Waals surface area contributed by atoms with Crippen LogP contribution in [0.3, 0.4) is 0 Å². The smallest absolute Gasteiger partial charge is 0.258 e. The second kappa shape index (κ2) is 7.21. The summed E-state index contributed by atoms with van der Waals surface area (Å²) >= 11 is 4.93. The monoisotopic (exact) mass is 294 g/mol. The van der Waals surface area contributed by atoms with E-state index in [9.17, 15) is 4.79 Å². The summed E-state index contributed by atoms with van der Waals surface area (Å²) in [5.74, 6) is 0.338. The van der Waals surface area contributed by atoms with Gasteiger partial charge < -0.3 is 20.5 Å². The molecular weight excluding hydrogens is 276 g/mol. The van der Waals surface area contributed by atoms with E-state index in [4.69, 9.17) is 27.4 Å². The van der Waals surface area contributed by atoms with Crippen LogP contribution in [0.5, 0.6) is 5.75 Å². The van der Waals surface area contributed by atoms with Crippen molar-refractivity contribution in [3.63, 3.8) is 0 Å². The number of thiocarbonyl (C=S) groups is 1. The van der Waals surface area contributed by atoms with Crippen molar-refractivity contribution < 1.29 is 14.3 Å². The molecule has 1 saturated heterocycles. The molecule has 1 heterocycles. The Hall–Kier alpha value is -1.66. The highest BCUT2D eigenvalue weighted by atomic mass is 32.1. The largest absolute Gasteiger partial charge is 0.483 e. The van der Waals surface area contributed by atoms with Gasteiger partial charge in [0.15, 0.2) is 6.61 Å². The van der Waals surface area contributed by atoms with Gasteiger partial charge in [-0.15, -0.1) is 0 Å². The van der Waals surface area contributed by atoms with E-state index in [-0.39, 0.29) is 23.6 Å². The maximum atomic E-state index is 11.7. The first-order valence-corrected chi connectivity index (χ1v) is 6.97. The van der Waals surface area contributed by atoms with Crippen LogP contribution in [0.1, 0.15) is 18.4 Å². The number of ether oxygens (including phenoxy) is 2. The molecule has 20 heavy (non-hydrogen) atoms. The van der Waals surface area contributed by atoms with Crippen LogP contribution >= 0.6 is 12.2 Å². The van der Waals surface area contributed by atoms with Crippen molar-refractivity contribution in [3.8, 4) is 5.75 Å². The van der Waals surface area contributed by atoms with Gasteiger partial charge in [-0.3, -0.25) is 4.79 Å². The predicted molar refractivity (Wildman–Crippen MR) is 79.8 cm³/mol. The number of benzene rings is 1. The maximum Gasteiger partial charge on any atom is 0.258 e. The third kappa shape index (κ3) is 4.18. The lowest BCUT2D eigenvalue weighted by molar-refractivity contribution is -0.123. The number of para-hydroxylation sites is 1. The summed E-state index contributed by atoms with van der Waals surface area (Å²) in [5.41, 5.74) is 6.23. The molecule has 0 spiro atoms. The Balaban J connectivity index is 1.79. The summed E-state index contributed by atoms with van der Waals surface area (Å²) in [7, 11) is 0. The number of carbonyl (C=O) groups is 1. The first-order chi connectivity index (χ1) is 9.66. The highest BCUT2D eigenvalue weighted by Gasteiger charge is 2.16. The Kier molecular flexibility index (Phi) is 5.31. The van der Waals surface area contributed by atoms with Gasteiger partial charge >= 0.3 is 0 Å². The van der Waals surface area contributed by atoms with Crippen LogP contribution in [0.25, 0.3) is 0 Å². The Morgan fingerprint density at radius 2 is 2.30 bits per heavy atom. The van der Waals surface area contributed by atoms with Crippen LogP contribution in [0.2, 0.25) is 0 Å². The standard InChI is InChI=1S/C14H18N2O3S/c15-14(20)11-5-1-2-6-12(11)19-9-13(17)16-8-10-4-3-7-18-10/h1-2,5-6,10H,3-4,7-9H2,(H2,15,20)(H,16,17). The van der Waals surface area contributed by atoms with Gasteiger partial charge in [0.2, 0.25) is 0 Å². The predicted octanol–water partition coefficient (Wildman–Crippen LogP) is 0.995. The van der Waals surface area contributed by atoms with Crippen molar-refractivity contribution >= 4 is 23.1 Å². The first kappa shape index (κ1) is 14.7. The Morgan fingerprint density at radius 1 is 1.50 bits per heavy atom. The number of rotatable bonds is 6. The van der Waals surface area contributed by atoms with E-state index in [1.807, 2.05) is 6.07 Å². The third-order valence-corrected chi connectivity index (χ3v) is 3.28. The fourth-order valence-electron chi connectivity index (χ4n) is 2.02. The molecule has 1 unspecified atom stereocenters. The summed E-state index contributed by atoms with van der Waals surface area (Å²) in [6.07, 6.45) is 2.17. The molecule has 5 nitrogen and oxygen atoms in total. The van der Waals surface area contributed by atoms with E-state index >= 15 is 0 Å². The lowest BCUT2D eigenvalue weighted by Crippen LogP contribution is -2.35. The van der Waals surface area contributed by atoms with Crippen LogP contribution in [-0.4, -0.2) is 36.8 Å². The highest BCUT2D eigenvalue weighted by Crippen LogP contribution is 2.17. The Morgan fingerprint density at radius 3 is 3.00 bits per heavy atom. The van der Waals surface area contributed by atoms with Gasteiger partial charge in [-0.25, -0.2) is 0 Å². The van der Waals surface area contributed by atoms with Gasteiger partial charge in [0, 0.05) is 13.2 Å². The van der Waals surface area contributed by atoms with Gasteiger partial charge in [-0.05, 0) is 25.0 Å². The number of hydrogen-bond donors (Lipinski definition) is 2. The van der Waals surface area contributed by atoms with Gasteiger partial charge in [-0.1, -0.05) is 24.4 Å². The van der Waals surface area contributed by atoms with Gasteiger partial charge in [0.05, 0.1) is 11.7 Å². The zero-order chi connectivity index (χ0) is 14.4. The molecule has 0 saturated carbocycles. The maximum absolute atomic E-state index is 11.7. The molecule has 2 rings (SSSR count). The van der Waals surface area contributed by atoms with E-state index in [0.717, 1.165) is 19.4 Å². The fraction of sp³-hybridized carbons (Fsp3) is 0.429. The van der Waals surface area contributed by atoms with Gasteiger partial charge in [0.25, 0.3) is 5.91 Å². The van der Waals surface area contributed by atoms with Crippen molar-refractivity contribution in [1.29, 1.82) is 0 Å². The number of hydrogen-bond acceptors (Lipinski definition) is 4. The zero-order valence-electron chi connectivity index (χ0n) is 11.1. The molecule has 1 fully saturated rings. The van der Waals surface area contributed by atoms with Gasteiger partial charge in [0.1, 0.15) is 10.7 Å². The van der Waals surface area contributed by atoms with E-state index in [1.54, 1.807) is 18.2 Å². The van der Waals surface area contributed by atoms with Crippen LogP contribution in [0, 0.1) is 0 Å². The molecule has 1 aromatic rings. The van der Waals surface area contributed by atoms with Crippen molar-refractivity contribution in [1.82, 2.24) is 5.32 Å². The summed E-state index contributed by atoms with van der Waals surface area (Å²) in [5, 5.41) is 2.79. The lowest BCUT2D eigenvalue weighted by Gasteiger charge is -2.12. The van der Waals surface area contributed by atoms with Crippen molar-refractivity contribution in [2.24, 2.45) is 5.73 Å². The minimum Gasteiger partial charge on any atom is -0.483 e. The van der Waals surface area contributed by atoms with E-state index < -0.39 is 0 Å². The van der Waals surface area contributed by atoms with E-state index in [0.29, 0.717) is 17.9 Å². The minimum atomic E-state index is -0.182. The molecule has 1 aliphatic heterocycles. The molecule has 0 radical (unpaired) electrons. The average Bonchev–Trinajstić information content (AvgIpc) is 2.96. The number of amides is 1. The molecule has 1 aromatic carbocycles. The minimum absolute atomic E-state index is 0.0631. The molecule has 3 N–H and O–H groups in total. The van der Waals surface area contributed by atoms with Gasteiger partial charge in [-0.2, -0.15) is 0 Å². The van der Waals surface area contributed by atoms with E-state index in [2.05, 4.69) is 5.32 Å². The van der Waals surface area contributed by atoms with Crippen LogP contribution < -0.4 is 15.8 Å². The van der Waals surface area contributed by atoms with E-state index in [1.165, 1.54) is 0 Å². The van der Waals surface area contributed by atoms with Crippen LogP contribution in [-0.2, 0) is 9.53 Å².